The maximum atomic E-state index is 10.9. The van der Waals surface area contributed by atoms with Crippen LogP contribution in [0.5, 0.6) is 0 Å². The summed E-state index contributed by atoms with van der Waals surface area (Å²) in [4.78, 5) is 0. The lowest BCUT2D eigenvalue weighted by atomic mass is 9.80. The average Bonchev–Trinajstić information content (AvgIpc) is 3.15. The molecule has 4 rings (SSSR count). The van der Waals surface area contributed by atoms with E-state index >= 15 is 0 Å². The zero-order valence-corrected chi connectivity index (χ0v) is 17.8. The highest BCUT2D eigenvalue weighted by atomic mass is 16.7. The van der Waals surface area contributed by atoms with E-state index in [4.69, 9.17) is 14.2 Å². The van der Waals surface area contributed by atoms with Gasteiger partial charge in [-0.15, -0.1) is 0 Å². The molecule has 1 heterocycles. The predicted octanol–water partition coefficient (Wildman–Crippen LogP) is 2.45. The third kappa shape index (κ3) is 4.21. The lowest BCUT2D eigenvalue weighted by Gasteiger charge is -2.37. The Hall–Kier alpha value is -2.58. The molecule has 5 atom stereocenters. The van der Waals surface area contributed by atoms with E-state index < -0.39 is 36.3 Å². The molecule has 1 aliphatic heterocycles. The molecule has 1 saturated heterocycles. The van der Waals surface area contributed by atoms with Gasteiger partial charge in [0.2, 0.25) is 0 Å². The maximum Gasteiger partial charge on any atom is 0.186 e. The molecule has 3 aromatic rings. The van der Waals surface area contributed by atoms with Gasteiger partial charge < -0.3 is 29.5 Å². The van der Waals surface area contributed by atoms with Crippen LogP contribution in [-0.2, 0) is 19.8 Å². The highest BCUT2D eigenvalue weighted by Gasteiger charge is 2.47. The van der Waals surface area contributed by atoms with Crippen molar-refractivity contribution in [2.45, 2.75) is 36.3 Å². The summed E-state index contributed by atoms with van der Waals surface area (Å²) < 4.78 is 17.1. The molecule has 6 nitrogen and oxygen atoms in total. The van der Waals surface area contributed by atoms with Gasteiger partial charge in [-0.25, -0.2) is 0 Å². The molecule has 1 fully saturated rings. The fourth-order valence-electron chi connectivity index (χ4n) is 4.26. The van der Waals surface area contributed by atoms with Crippen LogP contribution >= 0.6 is 0 Å². The van der Waals surface area contributed by atoms with Gasteiger partial charge in [0.1, 0.15) is 30.0 Å². The number of hydrogen-bond donors (Lipinski definition) is 3. The first-order chi connectivity index (χ1) is 15.6. The van der Waals surface area contributed by atoms with E-state index in [1.807, 2.05) is 91.0 Å². The molecule has 3 N–H and O–H groups in total. The summed E-state index contributed by atoms with van der Waals surface area (Å²) in [5.74, 6) is 0. The molecular weight excluding hydrogens is 408 g/mol. The third-order valence-corrected chi connectivity index (χ3v) is 5.88. The zero-order chi connectivity index (χ0) is 22.6. The zero-order valence-electron chi connectivity index (χ0n) is 17.8. The molecule has 0 radical (unpaired) electrons. The summed E-state index contributed by atoms with van der Waals surface area (Å²) >= 11 is 0. The summed E-state index contributed by atoms with van der Waals surface area (Å²) in [6.07, 6.45) is -5.79. The van der Waals surface area contributed by atoms with Gasteiger partial charge in [-0.2, -0.15) is 0 Å². The topological polar surface area (TPSA) is 88.4 Å². The largest absolute Gasteiger partial charge is 0.388 e. The quantitative estimate of drug-likeness (QED) is 0.470. The number of methoxy groups -OCH3 is 1. The van der Waals surface area contributed by atoms with Crippen LogP contribution in [0.25, 0.3) is 0 Å². The minimum atomic E-state index is -1.29. The minimum Gasteiger partial charge on any atom is -0.388 e. The molecule has 0 saturated carbocycles. The molecule has 0 spiro atoms. The van der Waals surface area contributed by atoms with Crippen LogP contribution in [0.2, 0.25) is 0 Å². The van der Waals surface area contributed by atoms with Crippen molar-refractivity contribution in [2.75, 3.05) is 13.7 Å². The van der Waals surface area contributed by atoms with Gasteiger partial charge >= 0.3 is 0 Å². The minimum absolute atomic E-state index is 0.149. The van der Waals surface area contributed by atoms with Crippen molar-refractivity contribution >= 4 is 0 Å². The van der Waals surface area contributed by atoms with Crippen LogP contribution < -0.4 is 0 Å². The summed E-state index contributed by atoms with van der Waals surface area (Å²) in [6, 6.07) is 29.4. The highest BCUT2D eigenvalue weighted by molar-refractivity contribution is 5.47. The number of rotatable bonds is 8. The van der Waals surface area contributed by atoms with E-state index in [0.29, 0.717) is 0 Å². The van der Waals surface area contributed by atoms with Crippen molar-refractivity contribution in [3.8, 4) is 0 Å². The monoisotopic (exact) mass is 436 g/mol. The van der Waals surface area contributed by atoms with E-state index in [0.717, 1.165) is 16.7 Å². The van der Waals surface area contributed by atoms with E-state index in [2.05, 4.69) is 0 Å². The maximum absolute atomic E-state index is 10.9. The van der Waals surface area contributed by atoms with Crippen molar-refractivity contribution in [3.05, 3.63) is 108 Å². The van der Waals surface area contributed by atoms with E-state index in [1.54, 1.807) is 0 Å². The first kappa shape index (κ1) is 22.6. The van der Waals surface area contributed by atoms with Crippen molar-refractivity contribution in [1.29, 1.82) is 0 Å². The third-order valence-electron chi connectivity index (χ3n) is 5.88. The van der Waals surface area contributed by atoms with Gasteiger partial charge in [0.25, 0.3) is 0 Å². The van der Waals surface area contributed by atoms with Crippen molar-refractivity contribution in [2.24, 2.45) is 0 Å². The molecule has 1 aliphatic rings. The standard InChI is InChI=1S/C26H28O6/c1-30-25-23(29)22(28)24(32-25)21(27)17-31-26(18-11-5-2-6-12-18,19-13-7-3-8-14-19)20-15-9-4-10-16-20/h2-16,21-25,27-29H,17H2,1H3/t21-,22-,23+,24-,25?/m1/s1. The van der Waals surface area contributed by atoms with Gasteiger partial charge in [-0.05, 0) is 16.7 Å². The van der Waals surface area contributed by atoms with Gasteiger partial charge in [0, 0.05) is 7.11 Å². The molecule has 6 heteroatoms. The first-order valence-corrected chi connectivity index (χ1v) is 10.6. The van der Waals surface area contributed by atoms with Gasteiger partial charge in [0.05, 0.1) is 6.61 Å². The lowest BCUT2D eigenvalue weighted by molar-refractivity contribution is -0.173. The highest BCUT2D eigenvalue weighted by Crippen LogP contribution is 2.40. The fraction of sp³-hybridized carbons (Fsp3) is 0.308. The van der Waals surface area contributed by atoms with E-state index in [-0.39, 0.29) is 6.61 Å². The number of benzene rings is 3. The Morgan fingerprint density at radius 3 is 1.59 bits per heavy atom. The number of aliphatic hydroxyl groups excluding tert-OH is 3. The van der Waals surface area contributed by atoms with Crippen LogP contribution in [0, 0.1) is 0 Å². The molecule has 0 bridgehead atoms. The molecule has 32 heavy (non-hydrogen) atoms. The Balaban J connectivity index is 1.72. The average molecular weight is 437 g/mol. The van der Waals surface area contributed by atoms with E-state index in [9.17, 15) is 15.3 Å². The SMILES string of the molecule is COC1O[C@H]([C@H](O)COC(c2ccccc2)(c2ccccc2)c2ccccc2)[C@H](O)[C@@H]1O. The molecule has 0 aromatic heterocycles. The number of aliphatic hydroxyl groups is 3. The van der Waals surface area contributed by atoms with Gasteiger partial charge in [-0.3, -0.25) is 0 Å². The predicted molar refractivity (Wildman–Crippen MR) is 119 cm³/mol. The van der Waals surface area contributed by atoms with Crippen LogP contribution in [0.15, 0.2) is 91.0 Å². The van der Waals surface area contributed by atoms with Gasteiger partial charge in [0.15, 0.2) is 6.29 Å². The second-order valence-corrected chi connectivity index (χ2v) is 7.84. The molecular formula is C26H28O6. The Labute approximate surface area is 187 Å². The van der Waals surface area contributed by atoms with Crippen LogP contribution in [-0.4, -0.2) is 59.7 Å². The second kappa shape index (κ2) is 9.92. The summed E-state index contributed by atoms with van der Waals surface area (Å²) in [5, 5.41) is 31.3. The molecule has 1 unspecified atom stereocenters. The summed E-state index contributed by atoms with van der Waals surface area (Å²) in [6.45, 7) is -0.149. The Kier molecular flexibility index (Phi) is 7.01. The number of ether oxygens (including phenoxy) is 3. The molecule has 0 aliphatic carbocycles. The number of hydrogen-bond acceptors (Lipinski definition) is 6. The van der Waals surface area contributed by atoms with Crippen molar-refractivity contribution in [1.82, 2.24) is 0 Å². The van der Waals surface area contributed by atoms with Gasteiger partial charge in [-0.1, -0.05) is 91.0 Å². The summed E-state index contributed by atoms with van der Waals surface area (Å²) in [5.41, 5.74) is 1.68. The van der Waals surface area contributed by atoms with Crippen LogP contribution in [0.4, 0.5) is 0 Å². The van der Waals surface area contributed by atoms with Crippen LogP contribution in [0.1, 0.15) is 16.7 Å². The van der Waals surface area contributed by atoms with Crippen molar-refractivity contribution in [3.63, 3.8) is 0 Å². The Morgan fingerprint density at radius 2 is 1.22 bits per heavy atom. The normalized spacial score (nSPS) is 24.4. The van der Waals surface area contributed by atoms with E-state index in [1.165, 1.54) is 7.11 Å². The fourth-order valence-corrected chi connectivity index (χ4v) is 4.26. The molecule has 168 valence electrons. The lowest BCUT2D eigenvalue weighted by Crippen LogP contribution is -2.43. The Morgan fingerprint density at radius 1 is 0.781 bits per heavy atom. The smallest absolute Gasteiger partial charge is 0.186 e. The molecule has 3 aromatic carbocycles. The molecule has 0 amide bonds. The van der Waals surface area contributed by atoms with Crippen LogP contribution in [0.3, 0.4) is 0 Å². The summed E-state index contributed by atoms with van der Waals surface area (Å²) in [7, 11) is 1.37. The second-order valence-electron chi connectivity index (χ2n) is 7.84. The first-order valence-electron chi connectivity index (χ1n) is 10.6. The Bertz CT molecular complexity index is 869. The van der Waals surface area contributed by atoms with Crippen molar-refractivity contribution < 1.29 is 29.5 Å².